The van der Waals surface area contributed by atoms with Gasteiger partial charge in [-0.05, 0) is 70.9 Å². The fraction of sp³-hybridized carbons (Fsp3) is 0.300. The molecule has 8 heteroatoms. The second-order valence-corrected chi connectivity index (χ2v) is 10.3. The molecule has 0 aliphatic heterocycles. The zero-order valence-electron chi connectivity index (χ0n) is 30.9. The van der Waals surface area contributed by atoms with Gasteiger partial charge in [0.1, 0.15) is 0 Å². The summed E-state index contributed by atoms with van der Waals surface area (Å²) in [4.78, 5) is 16.9. The minimum absolute atomic E-state index is 0.0637. The monoisotopic (exact) mass is 688 g/mol. The van der Waals surface area contributed by atoms with Crippen LogP contribution in [0.4, 0.5) is 0 Å². The van der Waals surface area contributed by atoms with E-state index in [1.54, 1.807) is 34.3 Å². The van der Waals surface area contributed by atoms with Crippen LogP contribution in [0.2, 0.25) is 0 Å². The van der Waals surface area contributed by atoms with Crippen LogP contribution in [0.15, 0.2) is 117 Å². The number of nitrogens with zero attached hydrogens (tertiary/aromatic N) is 2. The molecule has 0 saturated heterocycles. The van der Waals surface area contributed by atoms with E-state index in [1.807, 2.05) is 130 Å². The Hall–Kier alpha value is -4.40. The molecule has 0 saturated carbocycles. The minimum Gasteiger partial charge on any atom is -0.361 e. The van der Waals surface area contributed by atoms with Gasteiger partial charge in [0.2, 0.25) is 0 Å². The van der Waals surface area contributed by atoms with Crippen LogP contribution in [0.25, 0.3) is 42.3 Å². The van der Waals surface area contributed by atoms with Gasteiger partial charge in [-0.3, -0.25) is 4.57 Å². The van der Waals surface area contributed by atoms with E-state index in [9.17, 15) is 4.79 Å². The van der Waals surface area contributed by atoms with Crippen LogP contribution in [0.1, 0.15) is 74.9 Å². The van der Waals surface area contributed by atoms with Gasteiger partial charge in [0.25, 0.3) is 0 Å². The van der Waals surface area contributed by atoms with Gasteiger partial charge in [0, 0.05) is 23.5 Å². The maximum atomic E-state index is 11.0. The highest BCUT2D eigenvalue weighted by atomic mass is 32.1. The van der Waals surface area contributed by atoms with Crippen molar-refractivity contribution in [1.29, 1.82) is 0 Å². The quantitative estimate of drug-likeness (QED) is 0.166. The maximum absolute atomic E-state index is 11.0. The standard InChI is InChI=1S/C8H8N2O.C8H7N.C8H6S.C6H5NOS.5C2H6/c1-10-7-5-3-2-4-6(7)9-8(10)11;2*1-2-4-8-7(3-1)5-6-9-8;1-4-6-5(8-7-4)2-3-9-6;5*1-2/h2-5H,1H3,(H,9,11);1-6,9H;1-6H;2-3H,1H3;5*1-2H3. The molecular weight excluding hydrogens is 633 g/mol. The third-order valence-electron chi connectivity index (χ3n) is 5.87. The molecule has 0 spiro atoms. The van der Waals surface area contributed by atoms with Gasteiger partial charge in [-0.25, -0.2) is 4.79 Å². The van der Waals surface area contributed by atoms with Crippen molar-refractivity contribution >= 4 is 65.0 Å². The van der Waals surface area contributed by atoms with Gasteiger partial charge in [-0.15, -0.1) is 22.7 Å². The van der Waals surface area contributed by atoms with Gasteiger partial charge in [-0.1, -0.05) is 123 Å². The van der Waals surface area contributed by atoms with Crippen LogP contribution in [0.3, 0.4) is 0 Å². The lowest BCUT2D eigenvalue weighted by atomic mass is 10.3. The van der Waals surface area contributed by atoms with Crippen LogP contribution in [0, 0.1) is 6.92 Å². The van der Waals surface area contributed by atoms with Gasteiger partial charge in [-0.2, -0.15) is 0 Å². The number of aromatic amines is 2. The molecule has 8 aromatic rings. The first-order valence-electron chi connectivity index (χ1n) is 17.0. The van der Waals surface area contributed by atoms with E-state index in [4.69, 9.17) is 4.52 Å². The van der Waals surface area contributed by atoms with E-state index >= 15 is 0 Å². The molecule has 48 heavy (non-hydrogen) atoms. The van der Waals surface area contributed by atoms with Gasteiger partial charge in [0.15, 0.2) is 5.58 Å². The first kappa shape index (κ1) is 43.6. The molecule has 3 aromatic carbocycles. The molecule has 0 radical (unpaired) electrons. The van der Waals surface area contributed by atoms with Crippen LogP contribution in [-0.4, -0.2) is 19.7 Å². The van der Waals surface area contributed by atoms with Crippen molar-refractivity contribution in [3.63, 3.8) is 0 Å². The summed E-state index contributed by atoms with van der Waals surface area (Å²) in [6.07, 6.45) is 1.95. The Labute approximate surface area is 295 Å². The highest BCUT2D eigenvalue weighted by Gasteiger charge is 2.02. The van der Waals surface area contributed by atoms with Gasteiger partial charge in [0.05, 0.1) is 21.4 Å². The average molecular weight is 689 g/mol. The Morgan fingerprint density at radius 1 is 0.646 bits per heavy atom. The summed E-state index contributed by atoms with van der Waals surface area (Å²) in [6.45, 7) is 21.9. The number of rotatable bonds is 0. The first-order chi connectivity index (χ1) is 23.6. The number of hydrogen-bond acceptors (Lipinski definition) is 5. The smallest absolute Gasteiger partial charge is 0.326 e. The van der Waals surface area contributed by atoms with E-state index in [-0.39, 0.29) is 5.69 Å². The topological polar surface area (TPSA) is 79.6 Å². The van der Waals surface area contributed by atoms with Crippen LogP contribution >= 0.6 is 22.7 Å². The summed E-state index contributed by atoms with van der Waals surface area (Å²) in [5.74, 6) is 0. The predicted octanol–water partition coefficient (Wildman–Crippen LogP) is 13.3. The molecule has 0 aliphatic carbocycles. The lowest BCUT2D eigenvalue weighted by molar-refractivity contribution is 0.450. The molecule has 8 rings (SSSR count). The number of imidazole rings is 1. The molecule has 260 valence electrons. The highest BCUT2D eigenvalue weighted by Crippen LogP contribution is 2.23. The highest BCUT2D eigenvalue weighted by molar-refractivity contribution is 7.17. The Bertz CT molecular complexity index is 1830. The Kier molecular flexibility index (Phi) is 24.2. The normalized spacial score (nSPS) is 8.92. The summed E-state index contributed by atoms with van der Waals surface area (Å²) in [5, 5.41) is 10.5. The molecular formula is C40H56N4O2S2. The minimum atomic E-state index is -0.0637. The number of aryl methyl sites for hydroxylation is 2. The van der Waals surface area contributed by atoms with Crippen LogP contribution in [-0.2, 0) is 7.05 Å². The third-order valence-corrected chi connectivity index (χ3v) is 7.78. The molecule has 0 bridgehead atoms. The molecule has 0 aliphatic rings. The fourth-order valence-corrected chi connectivity index (χ4v) is 5.42. The summed E-state index contributed by atoms with van der Waals surface area (Å²) < 4.78 is 9.08. The van der Waals surface area contributed by atoms with Gasteiger partial charge < -0.3 is 14.5 Å². The molecule has 0 fully saturated rings. The summed E-state index contributed by atoms with van der Waals surface area (Å²) in [5.41, 5.74) is 4.86. The zero-order valence-corrected chi connectivity index (χ0v) is 32.6. The van der Waals surface area contributed by atoms with E-state index < -0.39 is 0 Å². The molecule has 2 N–H and O–H groups in total. The zero-order chi connectivity index (χ0) is 36.3. The SMILES string of the molecule is CC.CC.CC.CC.CC.Cc1noc2ccsc12.Cn1c(=O)[nH]c2ccccc21.c1ccc2[nH]ccc2c1.c1ccc2sccc2c1. The van der Waals surface area contributed by atoms with E-state index in [2.05, 4.69) is 69.0 Å². The Morgan fingerprint density at radius 2 is 1.21 bits per heavy atom. The molecule has 5 heterocycles. The third kappa shape index (κ3) is 13.4. The van der Waals surface area contributed by atoms with E-state index in [0.29, 0.717) is 0 Å². The number of nitrogens with one attached hydrogen (secondary N) is 2. The average Bonchev–Trinajstić information content (AvgIpc) is 4.02. The molecule has 5 aromatic heterocycles. The number of thiophene rings is 2. The summed E-state index contributed by atoms with van der Waals surface area (Å²) >= 11 is 3.45. The van der Waals surface area contributed by atoms with Crippen LogP contribution < -0.4 is 5.69 Å². The fourth-order valence-electron chi connectivity index (χ4n) is 3.87. The van der Waals surface area contributed by atoms with Crippen molar-refractivity contribution in [3.8, 4) is 0 Å². The lowest BCUT2D eigenvalue weighted by Gasteiger charge is -1.89. The van der Waals surface area contributed by atoms with Crippen molar-refractivity contribution in [1.82, 2.24) is 19.7 Å². The number of H-pyrrole nitrogens is 2. The van der Waals surface area contributed by atoms with E-state index in [1.165, 1.54) is 21.0 Å². The number of para-hydroxylation sites is 3. The largest absolute Gasteiger partial charge is 0.361 e. The first-order valence-corrected chi connectivity index (χ1v) is 18.7. The van der Waals surface area contributed by atoms with Crippen molar-refractivity contribution in [2.24, 2.45) is 7.05 Å². The van der Waals surface area contributed by atoms with Crippen molar-refractivity contribution in [3.05, 3.63) is 124 Å². The number of hydrogen-bond donors (Lipinski definition) is 2. The number of benzene rings is 3. The maximum Gasteiger partial charge on any atom is 0.326 e. The molecule has 0 amide bonds. The molecule has 0 atom stereocenters. The second kappa shape index (κ2) is 26.6. The molecule has 6 nitrogen and oxygen atoms in total. The summed E-state index contributed by atoms with van der Waals surface area (Å²) in [7, 11) is 1.75. The van der Waals surface area contributed by atoms with E-state index in [0.717, 1.165) is 27.0 Å². The number of aromatic nitrogens is 4. The van der Waals surface area contributed by atoms with Gasteiger partial charge >= 0.3 is 5.69 Å². The summed E-state index contributed by atoms with van der Waals surface area (Å²) in [6, 6.07) is 30.4. The van der Waals surface area contributed by atoms with Crippen LogP contribution in [0.5, 0.6) is 0 Å². The van der Waals surface area contributed by atoms with Crippen molar-refractivity contribution < 1.29 is 4.52 Å². The number of fused-ring (bicyclic) bond motifs is 4. The Morgan fingerprint density at radius 3 is 1.81 bits per heavy atom. The van der Waals surface area contributed by atoms with Crippen molar-refractivity contribution in [2.75, 3.05) is 0 Å². The van der Waals surface area contributed by atoms with Crippen molar-refractivity contribution in [2.45, 2.75) is 76.2 Å². The lowest BCUT2D eigenvalue weighted by Crippen LogP contribution is -2.11. The predicted molar refractivity (Wildman–Crippen MR) is 217 cm³/mol. The Balaban J connectivity index is 0.000000565. The second-order valence-electron chi connectivity index (χ2n) is 8.41. The molecule has 0 unspecified atom stereocenters.